The van der Waals surface area contributed by atoms with Gasteiger partial charge in [0.1, 0.15) is 17.6 Å². The second-order valence-electron chi connectivity index (χ2n) is 6.63. The molecule has 1 aliphatic heterocycles. The highest BCUT2D eigenvalue weighted by Gasteiger charge is 2.64. The molecule has 1 saturated heterocycles. The number of carbonyl (C=O) groups excluding carboxylic acids is 1. The molecule has 3 atom stereocenters. The fraction of sp³-hybridized carbons (Fsp3) is 0.533. The zero-order valence-corrected chi connectivity index (χ0v) is 13.0. The van der Waals surface area contributed by atoms with Crippen LogP contribution >= 0.6 is 0 Å². The smallest absolute Gasteiger partial charge is 0.433 e. The molecular weight excluding hydrogens is 327 g/mol. The van der Waals surface area contributed by atoms with Crippen molar-refractivity contribution in [3.63, 3.8) is 0 Å². The van der Waals surface area contributed by atoms with Gasteiger partial charge in [0.2, 0.25) is 5.91 Å². The third-order valence-corrected chi connectivity index (χ3v) is 4.79. The quantitative estimate of drug-likeness (QED) is 0.865. The monoisotopic (exact) mass is 343 g/mol. The maximum Gasteiger partial charge on any atom is 0.433 e. The third-order valence-electron chi connectivity index (χ3n) is 4.79. The van der Waals surface area contributed by atoms with Crippen LogP contribution in [0.15, 0.2) is 12.1 Å². The van der Waals surface area contributed by atoms with E-state index in [1.165, 1.54) is 13.0 Å². The van der Waals surface area contributed by atoms with Crippen molar-refractivity contribution in [1.29, 1.82) is 0 Å². The number of carboxylic acid groups (broad SMARTS) is 1. The number of amides is 2. The summed E-state index contributed by atoms with van der Waals surface area (Å²) in [5, 5.41) is 11.6. The first-order valence-corrected chi connectivity index (χ1v) is 7.40. The molecule has 2 amide bonds. The summed E-state index contributed by atoms with van der Waals surface area (Å²) < 4.78 is 38.3. The number of hydrogen-bond acceptors (Lipinski definition) is 3. The van der Waals surface area contributed by atoms with E-state index in [2.05, 4.69) is 10.3 Å². The first-order chi connectivity index (χ1) is 11.0. The highest BCUT2D eigenvalue weighted by atomic mass is 19.4. The number of halogens is 3. The van der Waals surface area contributed by atoms with Gasteiger partial charge in [0.15, 0.2) is 0 Å². The lowest BCUT2D eigenvalue weighted by molar-refractivity contribution is -0.141. The van der Waals surface area contributed by atoms with Gasteiger partial charge in [-0.2, -0.15) is 13.2 Å². The molecule has 9 heteroatoms. The Bertz CT molecular complexity index is 722. The lowest BCUT2D eigenvalue weighted by Gasteiger charge is -2.24. The number of likely N-dealkylation sites (tertiary alicyclic amines) is 1. The number of piperidine rings is 1. The average Bonchev–Trinajstić information content (AvgIpc) is 3.00. The molecule has 0 radical (unpaired) electrons. The summed E-state index contributed by atoms with van der Waals surface area (Å²) in [4.78, 5) is 28.3. The molecule has 2 fully saturated rings. The molecule has 0 spiro atoms. The second-order valence-corrected chi connectivity index (χ2v) is 6.63. The minimum Gasteiger partial charge on any atom is -0.465 e. The topological polar surface area (TPSA) is 82.5 Å². The molecule has 2 N–H and O–H groups in total. The van der Waals surface area contributed by atoms with Crippen LogP contribution in [0.1, 0.15) is 31.0 Å². The van der Waals surface area contributed by atoms with Gasteiger partial charge in [0.25, 0.3) is 0 Å². The summed E-state index contributed by atoms with van der Waals surface area (Å²) in [6, 6.07) is 0.928. The van der Waals surface area contributed by atoms with Gasteiger partial charge < -0.3 is 10.4 Å². The SMILES string of the molecule is Cc1ccc(C(F)(F)F)nc1NC(=O)[C@@H]1C[C@@]2(C)C[C@H]2N1C(=O)O. The molecular formula is C15H16F3N3O3. The Morgan fingerprint density at radius 3 is 2.62 bits per heavy atom. The summed E-state index contributed by atoms with van der Waals surface area (Å²) >= 11 is 0. The van der Waals surface area contributed by atoms with Gasteiger partial charge in [-0.1, -0.05) is 13.0 Å². The number of aromatic nitrogens is 1. The van der Waals surface area contributed by atoms with Crippen molar-refractivity contribution in [3.8, 4) is 0 Å². The first-order valence-electron chi connectivity index (χ1n) is 7.40. The van der Waals surface area contributed by atoms with E-state index in [0.29, 0.717) is 18.4 Å². The minimum absolute atomic E-state index is 0.203. The van der Waals surface area contributed by atoms with Gasteiger partial charge in [-0.25, -0.2) is 9.78 Å². The maximum atomic E-state index is 12.8. The predicted octanol–water partition coefficient (Wildman–Crippen LogP) is 2.88. The van der Waals surface area contributed by atoms with Crippen LogP contribution < -0.4 is 5.32 Å². The average molecular weight is 343 g/mol. The summed E-state index contributed by atoms with van der Waals surface area (Å²) in [6.45, 7) is 3.42. The van der Waals surface area contributed by atoms with Crippen molar-refractivity contribution in [1.82, 2.24) is 9.88 Å². The normalized spacial score (nSPS) is 28.5. The lowest BCUT2D eigenvalue weighted by Crippen LogP contribution is -2.45. The Morgan fingerprint density at radius 2 is 2.04 bits per heavy atom. The largest absolute Gasteiger partial charge is 0.465 e. The van der Waals surface area contributed by atoms with Crippen molar-refractivity contribution < 1.29 is 27.9 Å². The molecule has 1 saturated carbocycles. The number of pyridine rings is 1. The van der Waals surface area contributed by atoms with Crippen molar-refractivity contribution in [3.05, 3.63) is 23.4 Å². The van der Waals surface area contributed by atoms with E-state index < -0.39 is 29.9 Å². The Kier molecular flexibility index (Phi) is 3.50. The van der Waals surface area contributed by atoms with Crippen LogP contribution in [-0.2, 0) is 11.0 Å². The van der Waals surface area contributed by atoms with Crippen LogP contribution in [0.25, 0.3) is 0 Å². The number of anilines is 1. The molecule has 2 aliphatic rings. The van der Waals surface area contributed by atoms with E-state index in [9.17, 15) is 27.9 Å². The van der Waals surface area contributed by atoms with Gasteiger partial charge in [0.05, 0.1) is 0 Å². The first kappa shape index (κ1) is 16.5. The van der Waals surface area contributed by atoms with Crippen LogP contribution in [-0.4, -0.2) is 39.1 Å². The molecule has 24 heavy (non-hydrogen) atoms. The number of rotatable bonds is 2. The van der Waals surface area contributed by atoms with Crippen molar-refractivity contribution in [2.75, 3.05) is 5.32 Å². The number of fused-ring (bicyclic) bond motifs is 1. The van der Waals surface area contributed by atoms with Gasteiger partial charge >= 0.3 is 12.3 Å². The molecule has 1 aromatic heterocycles. The van der Waals surface area contributed by atoms with Gasteiger partial charge in [-0.15, -0.1) is 0 Å². The molecule has 0 unspecified atom stereocenters. The fourth-order valence-corrected chi connectivity index (χ4v) is 3.29. The summed E-state index contributed by atoms with van der Waals surface area (Å²) in [5.74, 6) is -0.855. The van der Waals surface area contributed by atoms with Crippen LogP contribution in [0, 0.1) is 12.3 Å². The lowest BCUT2D eigenvalue weighted by atomic mass is 10.0. The van der Waals surface area contributed by atoms with Crippen molar-refractivity contribution >= 4 is 17.8 Å². The minimum atomic E-state index is -4.62. The van der Waals surface area contributed by atoms with Crippen LogP contribution in [0.4, 0.5) is 23.8 Å². The zero-order chi connectivity index (χ0) is 17.9. The summed E-state index contributed by atoms with van der Waals surface area (Å²) in [6.07, 6.45) is -4.77. The number of hydrogen-bond donors (Lipinski definition) is 2. The van der Waals surface area contributed by atoms with E-state index in [-0.39, 0.29) is 17.3 Å². The van der Waals surface area contributed by atoms with Crippen LogP contribution in [0.5, 0.6) is 0 Å². The van der Waals surface area contributed by atoms with Crippen LogP contribution in [0.2, 0.25) is 0 Å². The number of nitrogens with zero attached hydrogens (tertiary/aromatic N) is 2. The predicted molar refractivity (Wildman–Crippen MR) is 77.4 cm³/mol. The highest BCUT2D eigenvalue weighted by molar-refractivity contribution is 5.97. The van der Waals surface area contributed by atoms with Gasteiger partial charge in [-0.05, 0) is 36.8 Å². The Hall–Kier alpha value is -2.32. The Labute approximate surface area is 135 Å². The van der Waals surface area contributed by atoms with Gasteiger partial charge in [-0.3, -0.25) is 9.69 Å². The highest BCUT2D eigenvalue weighted by Crippen LogP contribution is 2.59. The van der Waals surface area contributed by atoms with Gasteiger partial charge in [0, 0.05) is 6.04 Å². The number of alkyl halides is 3. The molecule has 1 aromatic rings. The number of nitrogens with one attached hydrogen (secondary N) is 1. The molecule has 2 heterocycles. The van der Waals surface area contributed by atoms with Crippen molar-refractivity contribution in [2.24, 2.45) is 5.41 Å². The second kappa shape index (κ2) is 5.09. The maximum absolute atomic E-state index is 12.8. The van der Waals surface area contributed by atoms with Crippen LogP contribution in [0.3, 0.4) is 0 Å². The molecule has 1 aliphatic carbocycles. The fourth-order valence-electron chi connectivity index (χ4n) is 3.29. The molecule has 130 valence electrons. The number of carbonyl (C=O) groups is 2. The van der Waals surface area contributed by atoms with Crippen molar-refractivity contribution in [2.45, 2.75) is 44.9 Å². The molecule has 3 rings (SSSR count). The molecule has 0 aromatic carbocycles. The zero-order valence-electron chi connectivity index (χ0n) is 13.0. The van der Waals surface area contributed by atoms with E-state index in [1.807, 2.05) is 6.92 Å². The van der Waals surface area contributed by atoms with E-state index in [1.54, 1.807) is 0 Å². The standard InChI is InChI=1S/C15H16F3N3O3/c1-7-3-4-9(15(16,17)18)19-11(7)20-12(22)8-5-14(2)6-10(14)21(8)13(23)24/h3-4,8,10H,5-6H2,1-2H3,(H,23,24)(H,19,20,22)/t8-,10+,14-/m0/s1. The number of aryl methyl sites for hydroxylation is 1. The van der Waals surface area contributed by atoms with E-state index >= 15 is 0 Å². The third kappa shape index (κ3) is 2.67. The Balaban J connectivity index is 1.81. The summed E-state index contributed by atoms with van der Waals surface area (Å²) in [5.41, 5.74) is -0.969. The van der Waals surface area contributed by atoms with E-state index in [0.717, 1.165) is 11.0 Å². The van der Waals surface area contributed by atoms with E-state index in [4.69, 9.17) is 0 Å². The molecule has 6 nitrogen and oxygen atoms in total. The Morgan fingerprint density at radius 1 is 1.38 bits per heavy atom. The molecule has 0 bridgehead atoms. The summed E-state index contributed by atoms with van der Waals surface area (Å²) in [7, 11) is 0.